The Hall–Kier alpha value is -2.44. The largest absolute Gasteiger partial charge is 0.469 e. The fraction of sp³-hybridized carbons (Fsp3) is 0.500. The van der Waals surface area contributed by atoms with Crippen molar-refractivity contribution in [2.75, 3.05) is 14.2 Å². The third-order valence-corrected chi connectivity index (χ3v) is 3.73. The van der Waals surface area contributed by atoms with Crippen LogP contribution in [0.25, 0.3) is 0 Å². The first-order valence-electron chi connectivity index (χ1n) is 7.22. The van der Waals surface area contributed by atoms with E-state index in [4.69, 9.17) is 0 Å². The van der Waals surface area contributed by atoms with E-state index >= 15 is 0 Å². The molecule has 0 aliphatic carbocycles. The summed E-state index contributed by atoms with van der Waals surface area (Å²) in [6, 6.07) is 6.11. The van der Waals surface area contributed by atoms with Crippen molar-refractivity contribution < 1.29 is 24.0 Å². The molecule has 7 nitrogen and oxygen atoms in total. The van der Waals surface area contributed by atoms with Gasteiger partial charge in [-0.25, -0.2) is 0 Å². The van der Waals surface area contributed by atoms with E-state index in [1.54, 1.807) is 12.1 Å². The van der Waals surface area contributed by atoms with Crippen LogP contribution < -0.4 is 0 Å². The van der Waals surface area contributed by atoms with Gasteiger partial charge in [-0.1, -0.05) is 29.8 Å². The maximum absolute atomic E-state index is 11.6. The molecule has 7 heteroatoms. The zero-order chi connectivity index (χ0) is 17.4. The van der Waals surface area contributed by atoms with E-state index < -0.39 is 28.8 Å². The first-order valence-corrected chi connectivity index (χ1v) is 7.22. The molecule has 0 spiro atoms. The number of hydrogen-bond donors (Lipinski definition) is 0. The van der Waals surface area contributed by atoms with Gasteiger partial charge < -0.3 is 9.47 Å². The average molecular weight is 323 g/mol. The maximum atomic E-state index is 11.6. The van der Waals surface area contributed by atoms with Crippen molar-refractivity contribution in [3.05, 3.63) is 45.5 Å². The number of nitrogens with zero attached hydrogens (tertiary/aromatic N) is 1. The molecule has 1 rings (SSSR count). The van der Waals surface area contributed by atoms with Gasteiger partial charge in [-0.15, -0.1) is 0 Å². The van der Waals surface area contributed by atoms with Gasteiger partial charge in [0, 0.05) is 11.3 Å². The lowest BCUT2D eigenvalue weighted by Gasteiger charge is -2.20. The van der Waals surface area contributed by atoms with Crippen LogP contribution >= 0.6 is 0 Å². The highest BCUT2D eigenvalue weighted by Gasteiger charge is 2.35. The van der Waals surface area contributed by atoms with Crippen molar-refractivity contribution in [3.8, 4) is 0 Å². The molecular formula is C16H21NO6. The topological polar surface area (TPSA) is 95.7 Å². The maximum Gasteiger partial charge on any atom is 0.306 e. The van der Waals surface area contributed by atoms with Crippen molar-refractivity contribution in [1.29, 1.82) is 0 Å². The molecule has 2 unspecified atom stereocenters. The summed E-state index contributed by atoms with van der Waals surface area (Å²) >= 11 is 0. The highest BCUT2D eigenvalue weighted by Crippen LogP contribution is 2.29. The van der Waals surface area contributed by atoms with Gasteiger partial charge in [-0.05, 0) is 12.5 Å². The summed E-state index contributed by atoms with van der Waals surface area (Å²) in [5, 5.41) is 11.5. The third-order valence-electron chi connectivity index (χ3n) is 3.73. The van der Waals surface area contributed by atoms with Crippen LogP contribution in [0.5, 0.6) is 0 Å². The highest BCUT2D eigenvalue weighted by atomic mass is 16.6. The van der Waals surface area contributed by atoms with Gasteiger partial charge in [0.25, 0.3) is 0 Å². The Labute approximate surface area is 134 Å². The molecule has 0 radical (unpaired) electrons. The second-order valence-corrected chi connectivity index (χ2v) is 5.26. The lowest BCUT2D eigenvalue weighted by molar-refractivity contribution is -0.527. The molecule has 0 aliphatic rings. The molecule has 23 heavy (non-hydrogen) atoms. The van der Waals surface area contributed by atoms with Crippen molar-refractivity contribution in [2.24, 2.45) is 0 Å². The molecule has 126 valence electrons. The Morgan fingerprint density at radius 1 is 1.13 bits per heavy atom. The second kappa shape index (κ2) is 8.87. The Morgan fingerprint density at radius 3 is 2.17 bits per heavy atom. The summed E-state index contributed by atoms with van der Waals surface area (Å²) < 4.78 is 9.18. The number of rotatable bonds is 8. The summed E-state index contributed by atoms with van der Waals surface area (Å²) in [6.07, 6.45) is -0.201. The molecule has 0 heterocycles. The Bertz CT molecular complexity index is 554. The molecule has 0 saturated heterocycles. The van der Waals surface area contributed by atoms with Gasteiger partial charge in [0.2, 0.25) is 6.04 Å². The number of ether oxygens (including phenoxy) is 2. The van der Waals surface area contributed by atoms with E-state index in [1.165, 1.54) is 14.2 Å². The van der Waals surface area contributed by atoms with E-state index in [0.717, 1.165) is 5.56 Å². The van der Waals surface area contributed by atoms with Gasteiger partial charge in [0.15, 0.2) is 0 Å². The van der Waals surface area contributed by atoms with Crippen LogP contribution in [-0.2, 0) is 19.1 Å². The first kappa shape index (κ1) is 18.6. The zero-order valence-electron chi connectivity index (χ0n) is 13.5. The highest BCUT2D eigenvalue weighted by molar-refractivity contribution is 5.71. The molecule has 1 aromatic carbocycles. The summed E-state index contributed by atoms with van der Waals surface area (Å²) in [5.74, 6) is -1.71. The number of carbonyl (C=O) groups excluding carboxylic acids is 2. The van der Waals surface area contributed by atoms with Crippen LogP contribution in [0.4, 0.5) is 0 Å². The number of carbonyl (C=O) groups is 2. The van der Waals surface area contributed by atoms with Crippen LogP contribution in [0.2, 0.25) is 0 Å². The number of benzene rings is 1. The van der Waals surface area contributed by atoms with E-state index in [-0.39, 0.29) is 19.3 Å². The van der Waals surface area contributed by atoms with E-state index in [2.05, 4.69) is 9.47 Å². The van der Waals surface area contributed by atoms with Gasteiger partial charge in [-0.3, -0.25) is 19.7 Å². The quantitative estimate of drug-likeness (QED) is 0.413. The summed E-state index contributed by atoms with van der Waals surface area (Å²) in [7, 11) is 2.47. The monoisotopic (exact) mass is 323 g/mol. The molecule has 0 N–H and O–H groups in total. The number of aryl methyl sites for hydroxylation is 1. The van der Waals surface area contributed by atoms with Crippen LogP contribution in [0.3, 0.4) is 0 Å². The number of nitro groups is 1. The minimum Gasteiger partial charge on any atom is -0.469 e. The number of hydrogen-bond acceptors (Lipinski definition) is 6. The minimum atomic E-state index is -1.07. The number of methoxy groups -OCH3 is 2. The minimum absolute atomic E-state index is 0.00475. The molecular weight excluding hydrogens is 302 g/mol. The summed E-state index contributed by atoms with van der Waals surface area (Å²) in [5.41, 5.74) is 1.69. The fourth-order valence-electron chi connectivity index (χ4n) is 2.37. The van der Waals surface area contributed by atoms with Crippen LogP contribution in [0.1, 0.15) is 36.3 Å². The average Bonchev–Trinajstić information content (AvgIpc) is 2.53. The van der Waals surface area contributed by atoms with Crippen molar-refractivity contribution in [1.82, 2.24) is 0 Å². The molecule has 1 aromatic rings. The van der Waals surface area contributed by atoms with Gasteiger partial charge in [-0.2, -0.15) is 0 Å². The molecule has 0 amide bonds. The standard InChI is InChI=1S/C16H21NO6/c1-11-4-6-12(7-5-11)13(10-16(19)23-3)14(17(20)21)8-9-15(18)22-2/h4-7,13-14H,8-10H2,1-3H3. The van der Waals surface area contributed by atoms with E-state index in [0.29, 0.717) is 5.56 Å². The van der Waals surface area contributed by atoms with Gasteiger partial charge >= 0.3 is 11.9 Å². The Balaban J connectivity index is 3.06. The molecule has 2 atom stereocenters. The lowest BCUT2D eigenvalue weighted by Crippen LogP contribution is -2.30. The van der Waals surface area contributed by atoms with Crippen LogP contribution in [0.15, 0.2) is 24.3 Å². The van der Waals surface area contributed by atoms with E-state index in [9.17, 15) is 19.7 Å². The molecule has 0 aromatic heterocycles. The number of esters is 2. The Kier molecular flexibility index (Phi) is 7.18. The predicted molar refractivity (Wildman–Crippen MR) is 82.6 cm³/mol. The summed E-state index contributed by atoms with van der Waals surface area (Å²) in [4.78, 5) is 33.9. The van der Waals surface area contributed by atoms with E-state index in [1.807, 2.05) is 19.1 Å². The zero-order valence-corrected chi connectivity index (χ0v) is 13.5. The fourth-order valence-corrected chi connectivity index (χ4v) is 2.37. The second-order valence-electron chi connectivity index (χ2n) is 5.26. The van der Waals surface area contributed by atoms with Crippen molar-refractivity contribution in [3.63, 3.8) is 0 Å². The first-order chi connectivity index (χ1) is 10.9. The molecule has 0 saturated carbocycles. The van der Waals surface area contributed by atoms with Crippen molar-refractivity contribution in [2.45, 2.75) is 38.1 Å². The third kappa shape index (κ3) is 5.69. The van der Waals surface area contributed by atoms with Crippen molar-refractivity contribution >= 4 is 11.9 Å². The predicted octanol–water partition coefficient (Wildman–Crippen LogP) is 2.24. The van der Waals surface area contributed by atoms with Gasteiger partial charge in [0.05, 0.1) is 33.0 Å². The van der Waals surface area contributed by atoms with Crippen LogP contribution in [-0.4, -0.2) is 37.1 Å². The Morgan fingerprint density at radius 2 is 1.70 bits per heavy atom. The molecule has 0 bridgehead atoms. The van der Waals surface area contributed by atoms with Crippen LogP contribution in [0, 0.1) is 17.0 Å². The molecule has 0 aliphatic heterocycles. The lowest BCUT2D eigenvalue weighted by atomic mass is 9.86. The van der Waals surface area contributed by atoms with Gasteiger partial charge in [0.1, 0.15) is 0 Å². The summed E-state index contributed by atoms with van der Waals surface area (Å²) in [6.45, 7) is 1.90. The smallest absolute Gasteiger partial charge is 0.306 e. The molecule has 0 fully saturated rings. The normalized spacial score (nSPS) is 13.0. The SMILES string of the molecule is COC(=O)CCC(C(CC(=O)OC)c1ccc(C)cc1)[N+](=O)[O-].